The number of carbonyl (C=O) groups excluding carboxylic acids is 3. The highest BCUT2D eigenvalue weighted by Crippen LogP contribution is 2.49. The maximum absolute atomic E-state index is 12.8. The quantitative estimate of drug-likeness (QED) is 0.562. The average molecular weight is 357 g/mol. The normalized spacial score (nSPS) is 30.2. The van der Waals surface area contributed by atoms with Crippen LogP contribution in [-0.2, 0) is 19.1 Å². The van der Waals surface area contributed by atoms with Crippen LogP contribution in [0, 0.1) is 23.2 Å². The Morgan fingerprint density at radius 1 is 1.42 bits per heavy atom. The second-order valence-corrected chi connectivity index (χ2v) is 6.40. The molecule has 4 atom stereocenters. The van der Waals surface area contributed by atoms with Crippen molar-refractivity contribution in [2.24, 2.45) is 11.8 Å². The van der Waals surface area contributed by atoms with Crippen LogP contribution in [0.25, 0.3) is 0 Å². The maximum Gasteiger partial charge on any atom is 0.329 e. The summed E-state index contributed by atoms with van der Waals surface area (Å²) in [5, 5.41) is 22.1. The van der Waals surface area contributed by atoms with Gasteiger partial charge >= 0.3 is 5.97 Å². The smallest absolute Gasteiger partial charge is 0.329 e. The highest BCUT2D eigenvalue weighted by Gasteiger charge is 2.68. The first-order valence-electron chi connectivity index (χ1n) is 8.27. The van der Waals surface area contributed by atoms with Gasteiger partial charge in [-0.05, 0) is 24.6 Å². The number of benzene rings is 1. The van der Waals surface area contributed by atoms with Crippen LogP contribution in [0.4, 0.5) is 0 Å². The number of aliphatic hydroxyl groups is 1. The second-order valence-electron chi connectivity index (χ2n) is 6.40. The molecule has 8 heteroatoms. The zero-order valence-electron chi connectivity index (χ0n) is 14.4. The first-order chi connectivity index (χ1) is 12.4. The number of hydrogen-bond donors (Lipinski definition) is 2. The molecule has 0 unspecified atom stereocenters. The highest BCUT2D eigenvalue weighted by atomic mass is 16.5. The highest BCUT2D eigenvalue weighted by molar-refractivity contribution is 6.09. The fourth-order valence-electron chi connectivity index (χ4n) is 4.04. The third-order valence-electron chi connectivity index (χ3n) is 5.24. The Bertz CT molecular complexity index is 817. The van der Waals surface area contributed by atoms with Gasteiger partial charge in [-0.2, -0.15) is 5.26 Å². The second kappa shape index (κ2) is 6.52. The molecule has 2 heterocycles. The van der Waals surface area contributed by atoms with Gasteiger partial charge in [-0.3, -0.25) is 19.8 Å². The van der Waals surface area contributed by atoms with Crippen molar-refractivity contribution in [2.75, 3.05) is 20.3 Å². The van der Waals surface area contributed by atoms with Crippen LogP contribution in [0.3, 0.4) is 0 Å². The monoisotopic (exact) mass is 357 g/mol. The number of hydrogen-bond acceptors (Lipinski definition) is 7. The lowest BCUT2D eigenvalue weighted by atomic mass is 9.79. The van der Waals surface area contributed by atoms with Crippen LogP contribution < -0.4 is 5.32 Å². The number of ether oxygens (including phenoxy) is 1. The van der Waals surface area contributed by atoms with Crippen molar-refractivity contribution in [2.45, 2.75) is 18.5 Å². The maximum atomic E-state index is 12.8. The molecule has 2 amide bonds. The van der Waals surface area contributed by atoms with Crippen molar-refractivity contribution in [3.05, 3.63) is 35.4 Å². The SMILES string of the molecule is CCN1C(=O)[C@H]2[C@@H](c3cccc(C#N)c3)N[C@@](CO)(C(=O)OC)[C@H]2C1=O. The Labute approximate surface area is 150 Å². The summed E-state index contributed by atoms with van der Waals surface area (Å²) in [5.74, 6) is -3.63. The molecule has 3 rings (SSSR count). The summed E-state index contributed by atoms with van der Waals surface area (Å²) in [6, 6.07) is 7.93. The van der Waals surface area contributed by atoms with Gasteiger partial charge in [0.1, 0.15) is 0 Å². The van der Waals surface area contributed by atoms with Gasteiger partial charge in [0, 0.05) is 12.6 Å². The molecule has 2 aliphatic rings. The number of likely N-dealkylation sites (tertiary alicyclic amines) is 1. The van der Waals surface area contributed by atoms with Crippen LogP contribution in [0.15, 0.2) is 24.3 Å². The fraction of sp³-hybridized carbons (Fsp3) is 0.444. The minimum absolute atomic E-state index is 0.179. The number of esters is 1. The number of carbonyl (C=O) groups is 3. The molecule has 2 fully saturated rings. The molecule has 0 spiro atoms. The number of amides is 2. The van der Waals surface area contributed by atoms with E-state index in [4.69, 9.17) is 10.00 Å². The lowest BCUT2D eigenvalue weighted by Gasteiger charge is -2.30. The minimum Gasteiger partial charge on any atom is -0.468 e. The fourth-order valence-corrected chi connectivity index (χ4v) is 4.04. The Morgan fingerprint density at radius 3 is 2.73 bits per heavy atom. The predicted octanol–water partition coefficient (Wildman–Crippen LogP) is -0.272. The van der Waals surface area contributed by atoms with Crippen molar-refractivity contribution in [3.8, 4) is 6.07 Å². The summed E-state index contributed by atoms with van der Waals surface area (Å²) >= 11 is 0. The lowest BCUT2D eigenvalue weighted by Crippen LogP contribution is -2.58. The molecule has 0 aliphatic carbocycles. The molecule has 26 heavy (non-hydrogen) atoms. The Kier molecular flexibility index (Phi) is 4.52. The number of nitrogens with one attached hydrogen (secondary N) is 1. The van der Waals surface area contributed by atoms with Crippen molar-refractivity contribution in [1.29, 1.82) is 5.26 Å². The molecular weight excluding hydrogens is 338 g/mol. The summed E-state index contributed by atoms with van der Waals surface area (Å²) in [5.41, 5.74) is -0.717. The molecule has 8 nitrogen and oxygen atoms in total. The number of rotatable bonds is 4. The molecule has 1 aromatic carbocycles. The van der Waals surface area contributed by atoms with E-state index in [2.05, 4.69) is 5.32 Å². The van der Waals surface area contributed by atoms with E-state index in [0.717, 1.165) is 4.90 Å². The summed E-state index contributed by atoms with van der Waals surface area (Å²) in [6.07, 6.45) is 0. The molecule has 0 saturated carbocycles. The van der Waals surface area contributed by atoms with Gasteiger partial charge in [0.05, 0.1) is 37.2 Å². The van der Waals surface area contributed by atoms with Crippen molar-refractivity contribution >= 4 is 17.8 Å². The summed E-state index contributed by atoms with van der Waals surface area (Å²) < 4.78 is 4.82. The van der Waals surface area contributed by atoms with E-state index in [1.165, 1.54) is 7.11 Å². The van der Waals surface area contributed by atoms with Crippen LogP contribution in [0.1, 0.15) is 24.1 Å². The zero-order chi connectivity index (χ0) is 19.1. The van der Waals surface area contributed by atoms with E-state index in [-0.39, 0.29) is 6.54 Å². The van der Waals surface area contributed by atoms with Crippen molar-refractivity contribution in [1.82, 2.24) is 10.2 Å². The van der Waals surface area contributed by atoms with Crippen molar-refractivity contribution in [3.63, 3.8) is 0 Å². The summed E-state index contributed by atoms with van der Waals surface area (Å²) in [4.78, 5) is 39.2. The molecule has 2 saturated heterocycles. The average Bonchev–Trinajstić information content (AvgIpc) is 3.15. The first kappa shape index (κ1) is 18.0. The molecule has 0 aromatic heterocycles. The third-order valence-corrected chi connectivity index (χ3v) is 5.24. The van der Waals surface area contributed by atoms with Gasteiger partial charge in [0.2, 0.25) is 11.8 Å². The van der Waals surface area contributed by atoms with Gasteiger partial charge in [0.25, 0.3) is 0 Å². The van der Waals surface area contributed by atoms with Gasteiger partial charge in [0.15, 0.2) is 5.54 Å². The summed E-state index contributed by atoms with van der Waals surface area (Å²) in [6.45, 7) is 1.17. The van der Waals surface area contributed by atoms with E-state index in [0.29, 0.717) is 11.1 Å². The first-order valence-corrected chi connectivity index (χ1v) is 8.27. The summed E-state index contributed by atoms with van der Waals surface area (Å²) in [7, 11) is 1.17. The molecule has 0 bridgehead atoms. The number of nitriles is 1. The van der Waals surface area contributed by atoms with E-state index in [9.17, 15) is 19.5 Å². The number of aliphatic hydroxyl groups excluding tert-OH is 1. The Morgan fingerprint density at radius 2 is 2.15 bits per heavy atom. The van der Waals surface area contributed by atoms with Crippen LogP contribution in [0.2, 0.25) is 0 Å². The van der Waals surface area contributed by atoms with E-state index < -0.39 is 47.8 Å². The van der Waals surface area contributed by atoms with Gasteiger partial charge in [-0.25, -0.2) is 4.79 Å². The largest absolute Gasteiger partial charge is 0.468 e. The van der Waals surface area contributed by atoms with Crippen LogP contribution >= 0.6 is 0 Å². The van der Waals surface area contributed by atoms with Gasteiger partial charge < -0.3 is 9.84 Å². The van der Waals surface area contributed by atoms with E-state index >= 15 is 0 Å². The lowest BCUT2D eigenvalue weighted by molar-refractivity contribution is -0.156. The predicted molar refractivity (Wildman–Crippen MR) is 88.2 cm³/mol. The minimum atomic E-state index is -1.70. The van der Waals surface area contributed by atoms with E-state index in [1.807, 2.05) is 6.07 Å². The van der Waals surface area contributed by atoms with Crippen LogP contribution in [-0.4, -0.2) is 53.6 Å². The Balaban J connectivity index is 2.15. The number of nitrogens with zero attached hydrogens (tertiary/aromatic N) is 2. The molecule has 2 N–H and O–H groups in total. The molecule has 1 aromatic rings. The molecule has 136 valence electrons. The molecule has 0 radical (unpaired) electrons. The van der Waals surface area contributed by atoms with Crippen molar-refractivity contribution < 1.29 is 24.2 Å². The van der Waals surface area contributed by atoms with E-state index in [1.54, 1.807) is 31.2 Å². The van der Waals surface area contributed by atoms with Gasteiger partial charge in [-0.1, -0.05) is 12.1 Å². The van der Waals surface area contributed by atoms with Crippen LogP contribution in [0.5, 0.6) is 0 Å². The molecule has 2 aliphatic heterocycles. The van der Waals surface area contributed by atoms with Gasteiger partial charge in [-0.15, -0.1) is 0 Å². The zero-order valence-corrected chi connectivity index (χ0v) is 14.4. The number of imide groups is 1. The topological polar surface area (TPSA) is 120 Å². The Hall–Kier alpha value is -2.76. The standard InChI is InChI=1S/C18H19N3O5/c1-3-21-15(23)12-13(16(21)24)18(9-22,17(25)26-2)20-14(12)11-6-4-5-10(7-11)8-19/h4-7,12-14,20,22H,3,9H2,1-2H3/t12-,13-,14-,18-/m1/s1. The number of methoxy groups -OCH3 is 1. The molecular formula is C18H19N3O5. The third kappa shape index (κ3) is 2.32. The number of fused-ring (bicyclic) bond motifs is 1.